The van der Waals surface area contributed by atoms with Crippen molar-refractivity contribution in [2.75, 3.05) is 7.11 Å². The Balaban J connectivity index is 1.54. The smallest absolute Gasteiger partial charge is 0.276 e. The number of nitrogens with zero attached hydrogens (tertiary/aromatic N) is 2. The first kappa shape index (κ1) is 21.1. The van der Waals surface area contributed by atoms with Gasteiger partial charge in [-0.1, -0.05) is 78.9 Å². The number of hydrogen-bond acceptors (Lipinski definition) is 5. The predicted octanol–water partition coefficient (Wildman–Crippen LogP) is 5.81. The molecule has 0 radical (unpaired) electrons. The normalized spacial score (nSPS) is 10.8. The molecule has 0 N–H and O–H groups in total. The van der Waals surface area contributed by atoms with Crippen molar-refractivity contribution in [3.8, 4) is 17.4 Å². The molecule has 0 atom stereocenters. The van der Waals surface area contributed by atoms with Crippen molar-refractivity contribution in [1.29, 1.82) is 0 Å². The summed E-state index contributed by atoms with van der Waals surface area (Å²) in [6.07, 6.45) is 3.84. The van der Waals surface area contributed by atoms with E-state index in [4.69, 9.17) is 14.2 Å². The van der Waals surface area contributed by atoms with Gasteiger partial charge in [0.05, 0.1) is 12.8 Å². The number of methoxy groups -OCH3 is 1. The van der Waals surface area contributed by atoms with Crippen LogP contribution in [0.5, 0.6) is 17.4 Å². The monoisotopic (exact) mass is 424 g/mol. The molecule has 0 spiro atoms. The molecule has 1 aromatic heterocycles. The van der Waals surface area contributed by atoms with Gasteiger partial charge in [0.15, 0.2) is 5.75 Å². The van der Waals surface area contributed by atoms with Crippen molar-refractivity contribution in [3.05, 3.63) is 113 Å². The SMILES string of the molecule is COc1cccc(/C=C/c2cc(OCc3ccccc3)c(OCc3ccccc3)nn2)c1. The second-order valence-corrected chi connectivity index (χ2v) is 7.10. The summed E-state index contributed by atoms with van der Waals surface area (Å²) in [5.41, 5.74) is 3.78. The van der Waals surface area contributed by atoms with Crippen molar-refractivity contribution >= 4 is 12.2 Å². The number of rotatable bonds is 9. The molecule has 4 aromatic rings. The van der Waals surface area contributed by atoms with Crippen LogP contribution in [-0.4, -0.2) is 17.3 Å². The quantitative estimate of drug-likeness (QED) is 0.339. The summed E-state index contributed by atoms with van der Waals surface area (Å²) in [7, 11) is 1.65. The van der Waals surface area contributed by atoms with Crippen LogP contribution < -0.4 is 14.2 Å². The minimum atomic E-state index is 0.364. The van der Waals surface area contributed by atoms with Crippen molar-refractivity contribution in [2.45, 2.75) is 13.2 Å². The molecule has 0 amide bonds. The first-order chi connectivity index (χ1) is 15.8. The third kappa shape index (κ3) is 5.95. The summed E-state index contributed by atoms with van der Waals surface area (Å²) >= 11 is 0. The molecule has 0 aliphatic carbocycles. The Morgan fingerprint density at radius 1 is 0.688 bits per heavy atom. The molecule has 1 heterocycles. The van der Waals surface area contributed by atoms with Gasteiger partial charge >= 0.3 is 0 Å². The molecule has 32 heavy (non-hydrogen) atoms. The summed E-state index contributed by atoms with van der Waals surface area (Å²) in [6.45, 7) is 0.795. The second-order valence-electron chi connectivity index (χ2n) is 7.10. The van der Waals surface area contributed by atoms with E-state index in [0.717, 1.165) is 22.4 Å². The maximum absolute atomic E-state index is 6.06. The molecule has 5 nitrogen and oxygen atoms in total. The van der Waals surface area contributed by atoms with Gasteiger partial charge in [-0.15, -0.1) is 10.2 Å². The van der Waals surface area contributed by atoms with Crippen molar-refractivity contribution in [2.24, 2.45) is 0 Å². The van der Waals surface area contributed by atoms with Gasteiger partial charge in [0.2, 0.25) is 0 Å². The molecule has 0 saturated heterocycles. The summed E-state index contributed by atoms with van der Waals surface area (Å²) < 4.78 is 17.3. The topological polar surface area (TPSA) is 53.5 Å². The van der Waals surface area contributed by atoms with Crippen LogP contribution in [0.1, 0.15) is 22.4 Å². The molecule has 3 aromatic carbocycles. The maximum Gasteiger partial charge on any atom is 0.276 e. The molecule has 0 fully saturated rings. The minimum Gasteiger partial charge on any atom is -0.497 e. The highest BCUT2D eigenvalue weighted by Gasteiger charge is 2.10. The van der Waals surface area contributed by atoms with Gasteiger partial charge in [-0.25, -0.2) is 0 Å². The molecule has 0 aliphatic heterocycles. The summed E-state index contributed by atoms with van der Waals surface area (Å²) in [5.74, 6) is 1.71. The van der Waals surface area contributed by atoms with Gasteiger partial charge in [0.1, 0.15) is 19.0 Å². The van der Waals surface area contributed by atoms with Crippen LogP contribution in [-0.2, 0) is 13.2 Å². The van der Waals surface area contributed by atoms with E-state index in [1.54, 1.807) is 7.11 Å². The number of ether oxygens (including phenoxy) is 3. The Labute approximate surface area is 187 Å². The highest BCUT2D eigenvalue weighted by molar-refractivity contribution is 5.69. The van der Waals surface area contributed by atoms with Crippen LogP contribution >= 0.6 is 0 Å². The third-order valence-corrected chi connectivity index (χ3v) is 4.74. The van der Waals surface area contributed by atoms with E-state index < -0.39 is 0 Å². The van der Waals surface area contributed by atoms with Crippen molar-refractivity contribution < 1.29 is 14.2 Å². The molecule has 0 bridgehead atoms. The second kappa shape index (κ2) is 10.8. The highest BCUT2D eigenvalue weighted by Crippen LogP contribution is 2.27. The minimum absolute atomic E-state index is 0.364. The lowest BCUT2D eigenvalue weighted by molar-refractivity contribution is 0.244. The summed E-state index contributed by atoms with van der Waals surface area (Å²) in [6, 6.07) is 29.6. The Morgan fingerprint density at radius 3 is 2.06 bits per heavy atom. The zero-order valence-electron chi connectivity index (χ0n) is 17.8. The average molecular weight is 425 g/mol. The van der Waals surface area contributed by atoms with Gasteiger partial charge in [0, 0.05) is 6.07 Å². The zero-order chi connectivity index (χ0) is 22.0. The molecule has 0 unspecified atom stereocenters. The zero-order valence-corrected chi connectivity index (χ0v) is 17.8. The van der Waals surface area contributed by atoms with Crippen LogP contribution in [0.25, 0.3) is 12.2 Å². The molecule has 4 rings (SSSR count). The van der Waals surface area contributed by atoms with Crippen LogP contribution in [0.3, 0.4) is 0 Å². The lowest BCUT2D eigenvalue weighted by Gasteiger charge is -2.12. The fourth-order valence-electron chi connectivity index (χ4n) is 3.05. The third-order valence-electron chi connectivity index (χ3n) is 4.74. The standard InChI is InChI=1S/C27H24N2O3/c1-30-25-14-8-13-21(17-25)15-16-24-18-26(31-19-22-9-4-2-5-10-22)27(29-28-24)32-20-23-11-6-3-7-12-23/h2-18H,19-20H2,1H3/b16-15+. The number of benzene rings is 3. The van der Waals surface area contributed by atoms with Crippen LogP contribution in [0.4, 0.5) is 0 Å². The molecular formula is C27H24N2O3. The van der Waals surface area contributed by atoms with E-state index in [1.165, 1.54) is 0 Å². The lowest BCUT2D eigenvalue weighted by atomic mass is 10.2. The van der Waals surface area contributed by atoms with Gasteiger partial charge in [-0.3, -0.25) is 0 Å². The number of aromatic nitrogens is 2. The van der Waals surface area contributed by atoms with Crippen LogP contribution in [0.2, 0.25) is 0 Å². The van der Waals surface area contributed by atoms with E-state index in [2.05, 4.69) is 10.2 Å². The molecule has 0 aliphatic rings. The molecule has 160 valence electrons. The van der Waals surface area contributed by atoms with E-state index in [9.17, 15) is 0 Å². The summed E-state index contributed by atoms with van der Waals surface area (Å²) in [4.78, 5) is 0. The van der Waals surface area contributed by atoms with Gasteiger partial charge in [-0.2, -0.15) is 0 Å². The molecule has 0 saturated carbocycles. The summed E-state index contributed by atoms with van der Waals surface area (Å²) in [5, 5.41) is 8.57. The van der Waals surface area contributed by atoms with E-state index >= 15 is 0 Å². The van der Waals surface area contributed by atoms with E-state index in [-0.39, 0.29) is 0 Å². The predicted molar refractivity (Wildman–Crippen MR) is 126 cm³/mol. The van der Waals surface area contributed by atoms with Gasteiger partial charge in [0.25, 0.3) is 5.88 Å². The van der Waals surface area contributed by atoms with E-state index in [0.29, 0.717) is 30.5 Å². The first-order valence-electron chi connectivity index (χ1n) is 10.3. The fourth-order valence-corrected chi connectivity index (χ4v) is 3.05. The first-order valence-corrected chi connectivity index (χ1v) is 10.3. The van der Waals surface area contributed by atoms with Crippen molar-refractivity contribution in [3.63, 3.8) is 0 Å². The van der Waals surface area contributed by atoms with Gasteiger partial charge in [-0.05, 0) is 34.9 Å². The molecule has 5 heteroatoms. The highest BCUT2D eigenvalue weighted by atomic mass is 16.5. The van der Waals surface area contributed by atoms with Gasteiger partial charge < -0.3 is 14.2 Å². The fraction of sp³-hybridized carbons (Fsp3) is 0.111. The number of hydrogen-bond donors (Lipinski definition) is 0. The molecular weight excluding hydrogens is 400 g/mol. The Bertz CT molecular complexity index is 1160. The Morgan fingerprint density at radius 2 is 1.38 bits per heavy atom. The Kier molecular flexibility index (Phi) is 7.11. The Hall–Kier alpha value is -4.12. The largest absolute Gasteiger partial charge is 0.497 e. The van der Waals surface area contributed by atoms with Crippen LogP contribution in [0.15, 0.2) is 91.0 Å². The average Bonchev–Trinajstić information content (AvgIpc) is 2.87. The van der Waals surface area contributed by atoms with Crippen molar-refractivity contribution in [1.82, 2.24) is 10.2 Å². The lowest BCUT2D eigenvalue weighted by Crippen LogP contribution is -2.04. The van der Waals surface area contributed by atoms with E-state index in [1.807, 2.05) is 103 Å². The van der Waals surface area contributed by atoms with Crippen LogP contribution in [0, 0.1) is 0 Å². The maximum atomic E-state index is 6.06.